The number of ether oxygens (including phenoxy) is 2. The first-order valence-electron chi connectivity index (χ1n) is 9.00. The van der Waals surface area contributed by atoms with E-state index in [4.69, 9.17) is 9.26 Å². The molecule has 0 aliphatic heterocycles. The van der Waals surface area contributed by atoms with Crippen LogP contribution in [-0.2, 0) is 5.75 Å². The minimum atomic E-state index is -2.94. The molecular weight excluding hydrogens is 406 g/mol. The van der Waals surface area contributed by atoms with Crippen LogP contribution in [0.15, 0.2) is 27.9 Å². The molecule has 0 spiro atoms. The molecule has 29 heavy (non-hydrogen) atoms. The number of tetrazole rings is 1. The molecule has 1 fully saturated rings. The van der Waals surface area contributed by atoms with Gasteiger partial charge in [-0.05, 0) is 41.5 Å². The first-order chi connectivity index (χ1) is 14.1. The molecule has 9 nitrogen and oxygen atoms in total. The number of thioether (sulfide) groups is 1. The van der Waals surface area contributed by atoms with Gasteiger partial charge in [-0.3, -0.25) is 0 Å². The summed E-state index contributed by atoms with van der Waals surface area (Å²) in [6.07, 6.45) is 4.53. The van der Waals surface area contributed by atoms with Gasteiger partial charge < -0.3 is 14.0 Å². The van der Waals surface area contributed by atoms with E-state index in [0.29, 0.717) is 34.2 Å². The first-order valence-corrected chi connectivity index (χ1v) is 9.99. The van der Waals surface area contributed by atoms with Crippen molar-refractivity contribution < 1.29 is 22.8 Å². The normalized spacial score (nSPS) is 14.6. The third kappa shape index (κ3) is 4.47. The number of alkyl halides is 2. The molecule has 0 amide bonds. The van der Waals surface area contributed by atoms with Crippen LogP contribution in [-0.4, -0.2) is 44.1 Å². The number of rotatable bonds is 8. The second-order valence-electron chi connectivity index (χ2n) is 6.39. The van der Waals surface area contributed by atoms with Crippen molar-refractivity contribution in [3.05, 3.63) is 24.1 Å². The van der Waals surface area contributed by atoms with Crippen LogP contribution in [0.1, 0.15) is 37.6 Å². The molecule has 1 aromatic carbocycles. The lowest BCUT2D eigenvalue weighted by molar-refractivity contribution is -0.0512. The molecule has 3 aromatic rings. The maximum atomic E-state index is 12.5. The molecule has 4 rings (SSSR count). The Hall–Kier alpha value is -2.76. The van der Waals surface area contributed by atoms with Gasteiger partial charge in [-0.1, -0.05) is 29.8 Å². The third-order valence-electron chi connectivity index (χ3n) is 4.56. The van der Waals surface area contributed by atoms with Crippen LogP contribution in [0.5, 0.6) is 11.5 Å². The Labute approximate surface area is 168 Å². The van der Waals surface area contributed by atoms with E-state index in [1.807, 2.05) is 4.68 Å². The Balaban J connectivity index is 1.44. The molecule has 2 heterocycles. The van der Waals surface area contributed by atoms with Gasteiger partial charge in [-0.25, -0.2) is 4.68 Å². The molecule has 1 saturated carbocycles. The van der Waals surface area contributed by atoms with Crippen LogP contribution in [0, 0.1) is 0 Å². The molecule has 0 atom stereocenters. The number of aromatic nitrogens is 6. The zero-order chi connectivity index (χ0) is 20.2. The molecule has 2 aromatic heterocycles. The smallest absolute Gasteiger partial charge is 0.387 e. The molecule has 154 valence electrons. The lowest BCUT2D eigenvalue weighted by Crippen LogP contribution is -2.08. The van der Waals surface area contributed by atoms with Gasteiger partial charge in [0.15, 0.2) is 11.5 Å². The Kier molecular flexibility index (Phi) is 5.88. The van der Waals surface area contributed by atoms with Gasteiger partial charge in [0, 0.05) is 5.56 Å². The number of halogens is 2. The molecular formula is C17H18F2N6O3S. The summed E-state index contributed by atoms with van der Waals surface area (Å²) in [5.74, 6) is 1.21. The Morgan fingerprint density at radius 1 is 1.28 bits per heavy atom. The standard InChI is InChI=1S/C17H18F2N6O3S/c1-26-13-8-10(6-7-12(13)27-16(18)19)15-20-14(28-22-15)9-29-17-21-23-24-25(17)11-4-2-3-5-11/h6-8,11,16H,2-5,9H2,1H3. The van der Waals surface area contributed by atoms with Crippen molar-refractivity contribution in [1.82, 2.24) is 30.3 Å². The van der Waals surface area contributed by atoms with E-state index in [-0.39, 0.29) is 11.5 Å². The lowest BCUT2D eigenvalue weighted by atomic mass is 10.2. The van der Waals surface area contributed by atoms with Gasteiger partial charge in [-0.15, -0.1) is 5.10 Å². The lowest BCUT2D eigenvalue weighted by Gasteiger charge is -2.10. The summed E-state index contributed by atoms with van der Waals surface area (Å²) in [5, 5.41) is 16.6. The van der Waals surface area contributed by atoms with Gasteiger partial charge >= 0.3 is 6.61 Å². The van der Waals surface area contributed by atoms with Crippen LogP contribution >= 0.6 is 11.8 Å². The highest BCUT2D eigenvalue weighted by atomic mass is 32.2. The van der Waals surface area contributed by atoms with Crippen LogP contribution in [0.3, 0.4) is 0 Å². The Morgan fingerprint density at radius 3 is 2.86 bits per heavy atom. The number of hydrogen-bond acceptors (Lipinski definition) is 9. The maximum absolute atomic E-state index is 12.5. The van der Waals surface area contributed by atoms with Crippen LogP contribution in [0.25, 0.3) is 11.4 Å². The number of hydrogen-bond donors (Lipinski definition) is 0. The summed E-state index contributed by atoms with van der Waals surface area (Å²) in [6, 6.07) is 4.79. The topological polar surface area (TPSA) is 101 Å². The van der Waals surface area contributed by atoms with Crippen LogP contribution in [0.2, 0.25) is 0 Å². The van der Waals surface area contributed by atoms with Crippen molar-refractivity contribution in [2.24, 2.45) is 0 Å². The minimum absolute atomic E-state index is 0.0655. The fraction of sp³-hybridized carbons (Fsp3) is 0.471. The van der Waals surface area contributed by atoms with E-state index in [9.17, 15) is 8.78 Å². The number of benzene rings is 1. The number of nitrogens with zero attached hydrogens (tertiary/aromatic N) is 6. The molecule has 0 radical (unpaired) electrons. The van der Waals surface area contributed by atoms with Crippen molar-refractivity contribution in [3.63, 3.8) is 0 Å². The molecule has 1 aliphatic rings. The quantitative estimate of drug-likeness (QED) is 0.500. The summed E-state index contributed by atoms with van der Waals surface area (Å²) in [7, 11) is 1.37. The molecule has 0 saturated heterocycles. The van der Waals surface area contributed by atoms with E-state index < -0.39 is 6.61 Å². The first kappa shape index (κ1) is 19.6. The number of methoxy groups -OCH3 is 1. The Morgan fingerprint density at radius 2 is 2.10 bits per heavy atom. The van der Waals surface area contributed by atoms with E-state index in [1.54, 1.807) is 6.07 Å². The van der Waals surface area contributed by atoms with Crippen molar-refractivity contribution in [1.29, 1.82) is 0 Å². The van der Waals surface area contributed by atoms with Crippen LogP contribution in [0.4, 0.5) is 8.78 Å². The molecule has 0 bridgehead atoms. The monoisotopic (exact) mass is 424 g/mol. The third-order valence-corrected chi connectivity index (χ3v) is 5.48. The van der Waals surface area contributed by atoms with Gasteiger partial charge in [0.1, 0.15) is 0 Å². The second kappa shape index (κ2) is 8.72. The van der Waals surface area contributed by atoms with E-state index in [2.05, 4.69) is 30.4 Å². The Bertz CT molecular complexity index is 960. The molecule has 0 N–H and O–H groups in total. The van der Waals surface area contributed by atoms with Gasteiger partial charge in [0.25, 0.3) is 0 Å². The second-order valence-corrected chi connectivity index (χ2v) is 7.33. The highest BCUT2D eigenvalue weighted by molar-refractivity contribution is 7.98. The summed E-state index contributed by atoms with van der Waals surface area (Å²) < 4.78 is 41.6. The largest absolute Gasteiger partial charge is 0.493 e. The summed E-state index contributed by atoms with van der Waals surface area (Å²) >= 11 is 1.42. The molecule has 1 aliphatic carbocycles. The zero-order valence-corrected chi connectivity index (χ0v) is 16.3. The van der Waals surface area contributed by atoms with Crippen LogP contribution < -0.4 is 9.47 Å². The average molecular weight is 424 g/mol. The zero-order valence-electron chi connectivity index (χ0n) is 15.5. The van der Waals surface area contributed by atoms with Gasteiger partial charge in [0.05, 0.1) is 18.9 Å². The molecule has 0 unspecified atom stereocenters. The predicted molar refractivity (Wildman–Crippen MR) is 97.8 cm³/mol. The van der Waals surface area contributed by atoms with E-state index in [1.165, 1.54) is 43.8 Å². The predicted octanol–water partition coefficient (Wildman–Crippen LogP) is 3.74. The summed E-state index contributed by atoms with van der Waals surface area (Å²) in [5.41, 5.74) is 0.555. The molecule has 12 heteroatoms. The van der Waals surface area contributed by atoms with Crippen molar-refractivity contribution >= 4 is 11.8 Å². The van der Waals surface area contributed by atoms with Gasteiger partial charge in [0.2, 0.25) is 16.9 Å². The maximum Gasteiger partial charge on any atom is 0.387 e. The fourth-order valence-corrected chi connectivity index (χ4v) is 4.00. The SMILES string of the molecule is COc1cc(-c2noc(CSc3nnnn3C3CCCC3)n2)ccc1OC(F)F. The van der Waals surface area contributed by atoms with Crippen molar-refractivity contribution in [2.75, 3.05) is 7.11 Å². The summed E-state index contributed by atoms with van der Waals surface area (Å²) in [6.45, 7) is -2.94. The summed E-state index contributed by atoms with van der Waals surface area (Å²) in [4.78, 5) is 4.35. The van der Waals surface area contributed by atoms with Crippen molar-refractivity contribution in [2.45, 2.75) is 49.2 Å². The minimum Gasteiger partial charge on any atom is -0.493 e. The highest BCUT2D eigenvalue weighted by Crippen LogP contribution is 2.34. The average Bonchev–Trinajstić information content (AvgIpc) is 3.46. The fourth-order valence-electron chi connectivity index (χ4n) is 3.22. The van der Waals surface area contributed by atoms with Crippen molar-refractivity contribution in [3.8, 4) is 22.9 Å². The van der Waals surface area contributed by atoms with E-state index in [0.717, 1.165) is 12.8 Å². The van der Waals surface area contributed by atoms with E-state index >= 15 is 0 Å². The van der Waals surface area contributed by atoms with Gasteiger partial charge in [-0.2, -0.15) is 13.8 Å². The highest BCUT2D eigenvalue weighted by Gasteiger charge is 2.22.